The average molecular weight is 858 g/mol. The summed E-state index contributed by atoms with van der Waals surface area (Å²) in [5.41, 5.74) is 0. The van der Waals surface area contributed by atoms with Crippen LogP contribution in [0.4, 0.5) is 0 Å². The minimum atomic E-state index is -1.79. The summed E-state index contributed by atoms with van der Waals surface area (Å²) in [6.45, 7) is 2.68. The molecule has 12 atom stereocenters. The summed E-state index contributed by atoms with van der Waals surface area (Å²) in [6.07, 6.45) is 19.1. The second kappa shape index (κ2) is 33.7. The number of nitrogens with one attached hydrogen (secondary N) is 1. The number of amides is 1. The van der Waals surface area contributed by atoms with Gasteiger partial charge in [0, 0.05) is 6.42 Å². The smallest absolute Gasteiger partial charge is 0.220 e. The first-order valence-electron chi connectivity index (χ1n) is 23.2. The molecule has 0 aromatic rings. The van der Waals surface area contributed by atoms with Gasteiger partial charge in [-0.15, -0.1) is 0 Å². The maximum absolute atomic E-state index is 13.1. The number of aliphatic hydroxyl groups excluding tert-OH is 8. The highest BCUT2D eigenvalue weighted by Gasteiger charge is 2.50. The van der Waals surface area contributed by atoms with Crippen molar-refractivity contribution >= 4 is 5.91 Å². The molecule has 9 N–H and O–H groups in total. The van der Waals surface area contributed by atoms with Gasteiger partial charge in [-0.25, -0.2) is 0 Å². The molecule has 2 fully saturated rings. The molecule has 12 unspecified atom stereocenters. The van der Waals surface area contributed by atoms with Crippen molar-refractivity contribution in [1.29, 1.82) is 0 Å². The van der Waals surface area contributed by atoms with Crippen LogP contribution in [0.25, 0.3) is 0 Å². The summed E-state index contributed by atoms with van der Waals surface area (Å²) < 4.78 is 22.6. The van der Waals surface area contributed by atoms with Gasteiger partial charge in [0.15, 0.2) is 12.6 Å². The first-order valence-corrected chi connectivity index (χ1v) is 23.2. The minimum absolute atomic E-state index is 0.256. The molecule has 14 heteroatoms. The summed E-state index contributed by atoms with van der Waals surface area (Å²) in [7, 11) is 0. The molecule has 2 aliphatic rings. The Morgan fingerprint density at radius 2 is 1.07 bits per heavy atom. The Morgan fingerprint density at radius 3 is 1.62 bits per heavy atom. The van der Waals surface area contributed by atoms with Crippen LogP contribution in [0.3, 0.4) is 0 Å². The monoisotopic (exact) mass is 858 g/mol. The van der Waals surface area contributed by atoms with Crippen LogP contribution in [0.15, 0.2) is 36.5 Å². The lowest BCUT2D eigenvalue weighted by molar-refractivity contribution is -0.359. The van der Waals surface area contributed by atoms with E-state index in [0.717, 1.165) is 44.9 Å². The van der Waals surface area contributed by atoms with Gasteiger partial charge >= 0.3 is 0 Å². The summed E-state index contributed by atoms with van der Waals surface area (Å²) >= 11 is 0. The fourth-order valence-electron chi connectivity index (χ4n) is 7.42. The molecular formula is C46H83NO13. The van der Waals surface area contributed by atoms with E-state index in [2.05, 4.69) is 43.5 Å². The number of carbonyl (C=O) groups is 1. The highest BCUT2D eigenvalue weighted by molar-refractivity contribution is 5.76. The van der Waals surface area contributed by atoms with Gasteiger partial charge in [-0.2, -0.15) is 0 Å². The standard InChI is InChI=1S/C46H83NO13/c1-3-5-7-9-11-13-15-17-18-20-22-24-26-28-30-38(51)47-34(35(50)29-27-25-23-21-19-16-14-12-10-8-6-4-2)33-57-45-43(56)41(54)44(37(32-49)59-45)60-46-42(55)40(53)39(52)36(31-48)58-46/h10,12,19,21,27,29,34-37,39-46,48-50,52-56H,3-9,11,13-18,20,22-26,28,30-33H2,1-2H3,(H,47,51)/b12-10+,21-19+,29-27+. The fraction of sp³-hybridized carbons (Fsp3) is 0.848. The summed E-state index contributed by atoms with van der Waals surface area (Å²) in [5, 5.41) is 86.4. The molecule has 2 aliphatic heterocycles. The molecule has 2 saturated heterocycles. The maximum atomic E-state index is 13.1. The number of allylic oxidation sites excluding steroid dienone is 5. The van der Waals surface area contributed by atoms with E-state index in [1.807, 2.05) is 6.08 Å². The van der Waals surface area contributed by atoms with Crippen LogP contribution in [0.1, 0.15) is 155 Å². The zero-order valence-electron chi connectivity index (χ0n) is 36.7. The van der Waals surface area contributed by atoms with Gasteiger partial charge in [0.1, 0.15) is 48.8 Å². The third-order valence-electron chi connectivity index (χ3n) is 11.3. The molecule has 0 aromatic heterocycles. The van der Waals surface area contributed by atoms with Crippen LogP contribution in [0.2, 0.25) is 0 Å². The number of unbranched alkanes of at least 4 members (excludes halogenated alkanes) is 17. The zero-order chi connectivity index (χ0) is 44.0. The van der Waals surface area contributed by atoms with E-state index in [1.54, 1.807) is 6.08 Å². The molecule has 0 saturated carbocycles. The highest BCUT2D eigenvalue weighted by atomic mass is 16.7. The van der Waals surface area contributed by atoms with Crippen molar-refractivity contribution in [3.05, 3.63) is 36.5 Å². The van der Waals surface area contributed by atoms with Gasteiger partial charge in [0.25, 0.3) is 0 Å². The molecule has 0 aromatic carbocycles. The molecule has 0 radical (unpaired) electrons. The van der Waals surface area contributed by atoms with Crippen LogP contribution in [-0.2, 0) is 23.7 Å². The topological polar surface area (TPSA) is 228 Å². The van der Waals surface area contributed by atoms with Crippen molar-refractivity contribution in [1.82, 2.24) is 5.32 Å². The van der Waals surface area contributed by atoms with Crippen LogP contribution >= 0.6 is 0 Å². The molecule has 2 heterocycles. The van der Waals surface area contributed by atoms with E-state index in [1.165, 1.54) is 77.0 Å². The summed E-state index contributed by atoms with van der Waals surface area (Å²) in [5.74, 6) is -0.256. The Hall–Kier alpha value is -1.79. The number of hydrogen-bond donors (Lipinski definition) is 9. The second-order valence-electron chi connectivity index (χ2n) is 16.5. The van der Waals surface area contributed by atoms with E-state index in [-0.39, 0.29) is 18.9 Å². The van der Waals surface area contributed by atoms with Crippen molar-refractivity contribution < 1.29 is 64.6 Å². The Morgan fingerprint density at radius 1 is 0.583 bits per heavy atom. The number of ether oxygens (including phenoxy) is 4. The Balaban J connectivity index is 1.91. The largest absolute Gasteiger partial charge is 0.394 e. The third kappa shape index (κ3) is 21.5. The van der Waals surface area contributed by atoms with Crippen molar-refractivity contribution in [2.75, 3.05) is 19.8 Å². The van der Waals surface area contributed by atoms with Crippen LogP contribution < -0.4 is 5.32 Å². The first-order chi connectivity index (χ1) is 29.1. The predicted octanol–water partition coefficient (Wildman–Crippen LogP) is 4.76. The quantitative estimate of drug-likeness (QED) is 0.0315. The molecule has 60 heavy (non-hydrogen) atoms. The van der Waals surface area contributed by atoms with E-state index in [4.69, 9.17) is 18.9 Å². The van der Waals surface area contributed by atoms with E-state index >= 15 is 0 Å². The Labute approximate surface area is 360 Å². The summed E-state index contributed by atoms with van der Waals surface area (Å²) in [4.78, 5) is 13.1. The van der Waals surface area contributed by atoms with Crippen molar-refractivity contribution in [3.8, 4) is 0 Å². The molecular weight excluding hydrogens is 774 g/mol. The van der Waals surface area contributed by atoms with Crippen LogP contribution in [0.5, 0.6) is 0 Å². The van der Waals surface area contributed by atoms with E-state index in [9.17, 15) is 45.6 Å². The maximum Gasteiger partial charge on any atom is 0.220 e. The number of rotatable bonds is 34. The number of hydrogen-bond acceptors (Lipinski definition) is 13. The molecule has 350 valence electrons. The molecule has 0 bridgehead atoms. The lowest BCUT2D eigenvalue weighted by atomic mass is 9.97. The Kier molecular flexibility index (Phi) is 30.5. The van der Waals surface area contributed by atoms with Gasteiger partial charge in [-0.3, -0.25) is 4.79 Å². The molecule has 0 aliphatic carbocycles. The zero-order valence-corrected chi connectivity index (χ0v) is 36.7. The normalized spacial score (nSPS) is 28.6. The minimum Gasteiger partial charge on any atom is -0.394 e. The van der Waals surface area contributed by atoms with Crippen LogP contribution in [0, 0.1) is 0 Å². The van der Waals surface area contributed by atoms with Crippen molar-refractivity contribution in [2.45, 2.75) is 229 Å². The predicted molar refractivity (Wildman–Crippen MR) is 231 cm³/mol. The van der Waals surface area contributed by atoms with Gasteiger partial charge in [-0.1, -0.05) is 147 Å². The molecule has 14 nitrogen and oxygen atoms in total. The second-order valence-corrected chi connectivity index (χ2v) is 16.5. The van der Waals surface area contributed by atoms with Gasteiger partial charge in [0.2, 0.25) is 5.91 Å². The Bertz CT molecular complexity index is 1150. The fourth-order valence-corrected chi connectivity index (χ4v) is 7.42. The lowest BCUT2D eigenvalue weighted by Gasteiger charge is -2.46. The van der Waals surface area contributed by atoms with E-state index in [0.29, 0.717) is 12.8 Å². The highest BCUT2D eigenvalue weighted by Crippen LogP contribution is 2.30. The van der Waals surface area contributed by atoms with Crippen molar-refractivity contribution in [3.63, 3.8) is 0 Å². The van der Waals surface area contributed by atoms with Gasteiger partial charge < -0.3 is 65.1 Å². The van der Waals surface area contributed by atoms with Crippen molar-refractivity contribution in [2.24, 2.45) is 0 Å². The van der Waals surface area contributed by atoms with Gasteiger partial charge in [-0.05, 0) is 38.5 Å². The lowest BCUT2D eigenvalue weighted by Crippen LogP contribution is -2.65. The SMILES string of the molecule is CCCC/C=C/CC/C=C/CC/C=C/C(O)C(COC1OC(CO)C(OC2OC(CO)C(O)C(O)C2O)C(O)C1O)NC(=O)CCCCCCCCCCCCCCCC. The van der Waals surface area contributed by atoms with Crippen LogP contribution in [-0.4, -0.2) is 140 Å². The van der Waals surface area contributed by atoms with E-state index < -0.39 is 86.8 Å². The molecule has 1 amide bonds. The number of carbonyl (C=O) groups excluding carboxylic acids is 1. The molecule has 0 spiro atoms. The first kappa shape index (κ1) is 54.3. The average Bonchev–Trinajstić information content (AvgIpc) is 3.24. The van der Waals surface area contributed by atoms with Gasteiger partial charge in [0.05, 0.1) is 32.0 Å². The molecule has 2 rings (SSSR count). The third-order valence-corrected chi connectivity index (χ3v) is 11.3. The number of aliphatic hydroxyl groups is 8. The summed E-state index contributed by atoms with van der Waals surface area (Å²) in [6, 6.07) is -0.931.